The molecule has 0 amide bonds. The fourth-order valence-electron chi connectivity index (χ4n) is 3.59. The molecule has 1 saturated heterocycles. The van der Waals surface area contributed by atoms with Gasteiger partial charge in [-0.1, -0.05) is 60.0 Å². The van der Waals surface area contributed by atoms with Crippen LogP contribution < -0.4 is 0 Å². The Labute approximate surface area is 147 Å². The number of hydrogen-bond donors (Lipinski definition) is 1. The quantitative estimate of drug-likeness (QED) is 0.876. The highest BCUT2D eigenvalue weighted by Gasteiger charge is 2.35. The van der Waals surface area contributed by atoms with E-state index in [4.69, 9.17) is 11.6 Å². The molecular formula is C20H22ClNO2. The maximum atomic E-state index is 11.8. The molecule has 0 spiro atoms. The number of likely N-dealkylation sites (tertiary alicyclic amines) is 1. The first-order chi connectivity index (χ1) is 11.6. The van der Waals surface area contributed by atoms with Crippen molar-refractivity contribution in [1.29, 1.82) is 0 Å². The Morgan fingerprint density at radius 3 is 2.58 bits per heavy atom. The largest absolute Gasteiger partial charge is 0.480 e. The Hall–Kier alpha value is -1.84. The van der Waals surface area contributed by atoms with Crippen molar-refractivity contribution in [1.82, 2.24) is 4.90 Å². The predicted octanol–water partition coefficient (Wildman–Crippen LogP) is 4.68. The average molecular weight is 344 g/mol. The second kappa shape index (κ2) is 7.37. The zero-order chi connectivity index (χ0) is 17.1. The average Bonchev–Trinajstić information content (AvgIpc) is 2.57. The number of benzene rings is 2. The number of carbonyl (C=O) groups is 1. The molecule has 0 bridgehead atoms. The summed E-state index contributed by atoms with van der Waals surface area (Å²) in [5.41, 5.74) is 3.39. The lowest BCUT2D eigenvalue weighted by Gasteiger charge is -2.39. The van der Waals surface area contributed by atoms with Crippen LogP contribution in [0.2, 0.25) is 5.02 Å². The molecule has 24 heavy (non-hydrogen) atoms. The molecule has 4 heteroatoms. The molecule has 0 aliphatic carbocycles. The molecule has 1 aliphatic rings. The van der Waals surface area contributed by atoms with E-state index in [2.05, 4.69) is 30.0 Å². The van der Waals surface area contributed by atoms with Crippen molar-refractivity contribution in [3.63, 3.8) is 0 Å². The van der Waals surface area contributed by atoms with E-state index in [1.165, 1.54) is 5.56 Å². The number of piperidine rings is 1. The van der Waals surface area contributed by atoms with Gasteiger partial charge in [0.1, 0.15) is 6.04 Å². The van der Waals surface area contributed by atoms with Crippen molar-refractivity contribution in [3.8, 4) is 0 Å². The lowest BCUT2D eigenvalue weighted by molar-refractivity contribution is -0.145. The highest BCUT2D eigenvalue weighted by molar-refractivity contribution is 6.30. The second-order valence-electron chi connectivity index (χ2n) is 6.46. The Balaban J connectivity index is 2.07. The van der Waals surface area contributed by atoms with Crippen LogP contribution in [0.15, 0.2) is 48.5 Å². The van der Waals surface area contributed by atoms with Crippen LogP contribution in [0.25, 0.3) is 0 Å². The van der Waals surface area contributed by atoms with E-state index in [0.717, 1.165) is 30.5 Å². The van der Waals surface area contributed by atoms with Crippen molar-refractivity contribution in [3.05, 3.63) is 70.2 Å². The molecule has 3 rings (SSSR count). The SMILES string of the molecule is Cc1cccc(C(c2ccc(Cl)cc2)N2CCCCC2C(=O)O)c1. The van der Waals surface area contributed by atoms with Gasteiger partial charge in [0.15, 0.2) is 0 Å². The van der Waals surface area contributed by atoms with Gasteiger partial charge in [0.25, 0.3) is 0 Å². The van der Waals surface area contributed by atoms with Gasteiger partial charge in [0.2, 0.25) is 0 Å². The number of carboxylic acids is 1. The minimum Gasteiger partial charge on any atom is -0.480 e. The van der Waals surface area contributed by atoms with Crippen LogP contribution in [0.5, 0.6) is 0 Å². The Morgan fingerprint density at radius 1 is 1.17 bits per heavy atom. The van der Waals surface area contributed by atoms with Gasteiger partial charge in [-0.25, -0.2) is 0 Å². The molecule has 0 saturated carbocycles. The van der Waals surface area contributed by atoms with E-state index < -0.39 is 12.0 Å². The summed E-state index contributed by atoms with van der Waals surface area (Å²) in [6, 6.07) is 15.6. The zero-order valence-electron chi connectivity index (χ0n) is 13.8. The fourth-order valence-corrected chi connectivity index (χ4v) is 3.71. The number of aliphatic carboxylic acids is 1. The Bertz CT molecular complexity index is 714. The molecule has 2 unspecified atom stereocenters. The molecule has 2 aromatic rings. The summed E-state index contributed by atoms with van der Waals surface area (Å²) in [4.78, 5) is 13.9. The van der Waals surface area contributed by atoms with Gasteiger partial charge >= 0.3 is 5.97 Å². The smallest absolute Gasteiger partial charge is 0.320 e. The van der Waals surface area contributed by atoms with Gasteiger partial charge in [-0.05, 0) is 49.6 Å². The summed E-state index contributed by atoms with van der Waals surface area (Å²) in [6.45, 7) is 2.85. The lowest BCUT2D eigenvalue weighted by Crippen LogP contribution is -2.46. The van der Waals surface area contributed by atoms with Crippen LogP contribution in [0, 0.1) is 6.92 Å². The van der Waals surface area contributed by atoms with Gasteiger partial charge in [-0.3, -0.25) is 9.69 Å². The summed E-state index contributed by atoms with van der Waals surface area (Å²) in [5.74, 6) is -0.735. The second-order valence-corrected chi connectivity index (χ2v) is 6.89. The van der Waals surface area contributed by atoms with E-state index in [9.17, 15) is 9.90 Å². The molecular weight excluding hydrogens is 322 g/mol. The standard InChI is InChI=1S/C20H22ClNO2/c1-14-5-4-6-16(13-14)19(15-8-10-17(21)11-9-15)22-12-3-2-7-18(22)20(23)24/h4-6,8-11,13,18-19H,2-3,7,12H2,1H3,(H,23,24). The van der Waals surface area contributed by atoms with Gasteiger partial charge in [-0.15, -0.1) is 0 Å². The third kappa shape index (κ3) is 3.63. The molecule has 1 fully saturated rings. The first kappa shape index (κ1) is 17.0. The molecule has 0 radical (unpaired) electrons. The van der Waals surface area contributed by atoms with Crippen molar-refractivity contribution in [2.45, 2.75) is 38.3 Å². The molecule has 2 aromatic carbocycles. The minimum atomic E-state index is -0.735. The molecule has 1 aliphatic heterocycles. The maximum Gasteiger partial charge on any atom is 0.320 e. The van der Waals surface area contributed by atoms with Crippen molar-refractivity contribution in [2.75, 3.05) is 6.54 Å². The minimum absolute atomic E-state index is 0.0661. The Morgan fingerprint density at radius 2 is 1.92 bits per heavy atom. The van der Waals surface area contributed by atoms with Crippen LogP contribution in [-0.4, -0.2) is 28.6 Å². The van der Waals surface area contributed by atoms with Gasteiger partial charge in [0, 0.05) is 5.02 Å². The molecule has 3 nitrogen and oxygen atoms in total. The number of aryl methyl sites for hydroxylation is 1. The van der Waals surface area contributed by atoms with Gasteiger partial charge < -0.3 is 5.11 Å². The van der Waals surface area contributed by atoms with Gasteiger partial charge in [-0.2, -0.15) is 0 Å². The highest BCUT2D eigenvalue weighted by Crippen LogP contribution is 2.35. The third-order valence-corrected chi connectivity index (χ3v) is 4.96. The van der Waals surface area contributed by atoms with Crippen LogP contribution in [0.1, 0.15) is 42.0 Å². The summed E-state index contributed by atoms with van der Waals surface area (Å²) >= 11 is 6.04. The summed E-state index contributed by atoms with van der Waals surface area (Å²) in [6.07, 6.45) is 2.69. The first-order valence-corrected chi connectivity index (χ1v) is 8.74. The van der Waals surface area contributed by atoms with Crippen molar-refractivity contribution < 1.29 is 9.90 Å². The molecule has 126 valence electrons. The van der Waals surface area contributed by atoms with E-state index in [-0.39, 0.29) is 6.04 Å². The number of rotatable bonds is 4. The van der Waals surface area contributed by atoms with Crippen LogP contribution >= 0.6 is 11.6 Å². The topological polar surface area (TPSA) is 40.5 Å². The molecule has 1 heterocycles. The van der Waals surface area contributed by atoms with E-state index in [1.54, 1.807) is 0 Å². The number of carboxylic acid groups (broad SMARTS) is 1. The predicted molar refractivity (Wildman–Crippen MR) is 96.5 cm³/mol. The van der Waals surface area contributed by atoms with Crippen LogP contribution in [0.3, 0.4) is 0 Å². The maximum absolute atomic E-state index is 11.8. The fraction of sp³-hybridized carbons (Fsp3) is 0.350. The third-order valence-electron chi connectivity index (χ3n) is 4.70. The first-order valence-electron chi connectivity index (χ1n) is 8.37. The van der Waals surface area contributed by atoms with E-state index in [0.29, 0.717) is 11.4 Å². The molecule has 1 N–H and O–H groups in total. The Kier molecular flexibility index (Phi) is 5.22. The number of nitrogens with zero attached hydrogens (tertiary/aromatic N) is 1. The monoisotopic (exact) mass is 343 g/mol. The number of hydrogen-bond acceptors (Lipinski definition) is 2. The lowest BCUT2D eigenvalue weighted by atomic mass is 9.91. The van der Waals surface area contributed by atoms with Crippen molar-refractivity contribution in [2.24, 2.45) is 0 Å². The summed E-state index contributed by atoms with van der Waals surface area (Å²) in [7, 11) is 0. The molecule has 0 aromatic heterocycles. The molecule has 2 atom stereocenters. The van der Waals surface area contributed by atoms with Crippen LogP contribution in [0.4, 0.5) is 0 Å². The van der Waals surface area contributed by atoms with Crippen LogP contribution in [-0.2, 0) is 4.79 Å². The van der Waals surface area contributed by atoms with E-state index in [1.807, 2.05) is 30.3 Å². The van der Waals surface area contributed by atoms with Crippen molar-refractivity contribution >= 4 is 17.6 Å². The normalized spacial score (nSPS) is 19.8. The summed E-state index contributed by atoms with van der Waals surface area (Å²) < 4.78 is 0. The van der Waals surface area contributed by atoms with E-state index >= 15 is 0 Å². The highest BCUT2D eigenvalue weighted by atomic mass is 35.5. The zero-order valence-corrected chi connectivity index (χ0v) is 14.5. The number of halogens is 1. The van der Waals surface area contributed by atoms with Gasteiger partial charge in [0.05, 0.1) is 6.04 Å². The summed E-state index contributed by atoms with van der Waals surface area (Å²) in [5, 5.41) is 10.4.